The molecule has 0 radical (unpaired) electrons. The Morgan fingerprint density at radius 3 is 2.73 bits per heavy atom. The number of rotatable bonds is 6. The van der Waals surface area contributed by atoms with Crippen molar-refractivity contribution in [1.82, 2.24) is 30.0 Å². The molecule has 0 aromatic carbocycles. The van der Waals surface area contributed by atoms with Gasteiger partial charge in [-0.05, 0) is 69.2 Å². The normalized spacial score (nSPS) is 18.5. The molecule has 2 aliphatic rings. The van der Waals surface area contributed by atoms with E-state index in [9.17, 15) is 4.79 Å². The average molecular weight is 411 g/mol. The van der Waals surface area contributed by atoms with E-state index in [0.717, 1.165) is 75.5 Å². The van der Waals surface area contributed by atoms with Gasteiger partial charge in [-0.3, -0.25) is 14.7 Å². The molecule has 7 nitrogen and oxygen atoms in total. The number of aryl methyl sites for hydroxylation is 2. The van der Waals surface area contributed by atoms with Gasteiger partial charge in [-0.15, -0.1) is 10.2 Å². The lowest BCUT2D eigenvalue weighted by molar-refractivity contribution is 0.0612. The molecule has 1 N–H and O–H groups in total. The number of likely N-dealkylation sites (tertiary alicyclic amines) is 1. The zero-order valence-corrected chi connectivity index (χ0v) is 18.5. The van der Waals surface area contributed by atoms with Crippen molar-refractivity contribution in [3.63, 3.8) is 0 Å². The van der Waals surface area contributed by atoms with Crippen molar-refractivity contribution in [2.75, 3.05) is 19.6 Å². The Morgan fingerprint density at radius 1 is 1.20 bits per heavy atom. The number of hydrogen-bond acceptors (Lipinski definition) is 5. The molecule has 1 saturated heterocycles. The topological polar surface area (TPSA) is 75.9 Å². The third-order valence-electron chi connectivity index (χ3n) is 6.66. The Hall–Kier alpha value is -2.28. The van der Waals surface area contributed by atoms with E-state index in [4.69, 9.17) is 0 Å². The number of hydrogen-bond donors (Lipinski definition) is 1. The van der Waals surface area contributed by atoms with Gasteiger partial charge in [-0.25, -0.2) is 0 Å². The Morgan fingerprint density at radius 2 is 2.00 bits per heavy atom. The van der Waals surface area contributed by atoms with Crippen LogP contribution in [0.1, 0.15) is 67.4 Å². The van der Waals surface area contributed by atoms with E-state index < -0.39 is 0 Å². The molecule has 4 heterocycles. The van der Waals surface area contributed by atoms with Crippen LogP contribution in [-0.4, -0.2) is 50.2 Å². The molecule has 1 amide bonds. The number of aromatic nitrogens is 4. The summed E-state index contributed by atoms with van der Waals surface area (Å²) in [7, 11) is 0. The zero-order valence-electron chi connectivity index (χ0n) is 18.5. The number of fused-ring (bicyclic) bond motifs is 1. The second-order valence-electron chi connectivity index (χ2n) is 9.51. The van der Waals surface area contributed by atoms with E-state index in [1.54, 1.807) is 0 Å². The summed E-state index contributed by atoms with van der Waals surface area (Å²) in [5.74, 6) is 1.93. The van der Waals surface area contributed by atoms with Crippen LogP contribution in [0.2, 0.25) is 0 Å². The fraction of sp³-hybridized carbons (Fsp3) is 0.652. The molecule has 162 valence electrons. The number of pyridine rings is 1. The second-order valence-corrected chi connectivity index (χ2v) is 9.51. The molecule has 2 aromatic rings. The first-order valence-electron chi connectivity index (χ1n) is 11.3. The van der Waals surface area contributed by atoms with Crippen molar-refractivity contribution in [2.24, 2.45) is 11.3 Å². The van der Waals surface area contributed by atoms with Crippen LogP contribution in [0.15, 0.2) is 18.2 Å². The maximum Gasteiger partial charge on any atom is 0.289 e. The molecule has 0 bridgehead atoms. The molecule has 0 aliphatic carbocycles. The summed E-state index contributed by atoms with van der Waals surface area (Å²) >= 11 is 0. The number of carbonyl (C=O) groups excluding carboxylic acids is 1. The number of carbonyl (C=O) groups is 1. The van der Waals surface area contributed by atoms with Gasteiger partial charge in [0, 0.05) is 31.7 Å². The number of amides is 1. The summed E-state index contributed by atoms with van der Waals surface area (Å²) in [6, 6.07) is 6.25. The van der Waals surface area contributed by atoms with E-state index in [2.05, 4.69) is 55.9 Å². The number of nitrogens with zero attached hydrogens (tertiary/aromatic N) is 5. The van der Waals surface area contributed by atoms with Crippen LogP contribution in [0.4, 0.5) is 0 Å². The molecule has 2 aromatic heterocycles. The Balaban J connectivity index is 1.37. The van der Waals surface area contributed by atoms with Crippen molar-refractivity contribution in [2.45, 2.75) is 66.0 Å². The first kappa shape index (κ1) is 21.0. The van der Waals surface area contributed by atoms with Crippen LogP contribution in [0, 0.1) is 18.3 Å². The highest BCUT2D eigenvalue weighted by Crippen LogP contribution is 2.41. The SMILES string of the molecule is Cc1cccc(CN2CCC3(CCc4nnc(C(=O)NCCC(C)C)n4C3)CC2)n1. The molecule has 0 saturated carbocycles. The minimum absolute atomic E-state index is 0.0885. The molecule has 0 atom stereocenters. The van der Waals surface area contributed by atoms with Crippen LogP contribution in [0.25, 0.3) is 0 Å². The Kier molecular flexibility index (Phi) is 6.18. The highest BCUT2D eigenvalue weighted by atomic mass is 16.2. The van der Waals surface area contributed by atoms with Gasteiger partial charge in [0.1, 0.15) is 5.82 Å². The minimum atomic E-state index is -0.0885. The van der Waals surface area contributed by atoms with Crippen LogP contribution < -0.4 is 5.32 Å². The fourth-order valence-electron chi connectivity index (χ4n) is 4.71. The molecule has 0 unspecified atom stereocenters. The smallest absolute Gasteiger partial charge is 0.289 e. The molecule has 1 fully saturated rings. The third kappa shape index (κ3) is 4.72. The van der Waals surface area contributed by atoms with Gasteiger partial charge in [-0.2, -0.15) is 0 Å². The highest BCUT2D eigenvalue weighted by molar-refractivity contribution is 5.90. The average Bonchev–Trinajstić information content (AvgIpc) is 3.12. The maximum absolute atomic E-state index is 12.7. The van der Waals surface area contributed by atoms with Crippen LogP contribution in [0.5, 0.6) is 0 Å². The standard InChI is InChI=1S/C23H34N6O/c1-17(2)8-12-24-22(30)21-27-26-20-7-9-23(16-29(20)21)10-13-28(14-11-23)15-19-6-4-5-18(3)25-19/h4-6,17H,7-16H2,1-3H3,(H,24,30). The largest absolute Gasteiger partial charge is 0.349 e. The monoisotopic (exact) mass is 410 g/mol. The molecule has 30 heavy (non-hydrogen) atoms. The van der Waals surface area contributed by atoms with E-state index in [1.165, 1.54) is 0 Å². The lowest BCUT2D eigenvalue weighted by Gasteiger charge is -2.44. The van der Waals surface area contributed by atoms with Crippen LogP contribution >= 0.6 is 0 Å². The predicted octanol–water partition coefficient (Wildman–Crippen LogP) is 2.99. The zero-order chi connectivity index (χ0) is 21.1. The van der Waals surface area contributed by atoms with Gasteiger partial charge in [0.2, 0.25) is 5.82 Å². The van der Waals surface area contributed by atoms with Gasteiger partial charge < -0.3 is 9.88 Å². The molecule has 2 aliphatic heterocycles. The van der Waals surface area contributed by atoms with Crippen molar-refractivity contribution < 1.29 is 4.79 Å². The minimum Gasteiger partial charge on any atom is -0.349 e. The second kappa shape index (κ2) is 8.84. The lowest BCUT2D eigenvalue weighted by Crippen LogP contribution is -2.45. The van der Waals surface area contributed by atoms with Crippen LogP contribution in [0.3, 0.4) is 0 Å². The van der Waals surface area contributed by atoms with E-state index >= 15 is 0 Å². The Labute approximate surface area is 179 Å². The number of nitrogens with one attached hydrogen (secondary N) is 1. The van der Waals surface area contributed by atoms with Gasteiger partial charge in [-0.1, -0.05) is 19.9 Å². The Bertz CT molecular complexity index is 882. The quantitative estimate of drug-likeness (QED) is 0.792. The van der Waals surface area contributed by atoms with E-state index in [-0.39, 0.29) is 11.3 Å². The molecule has 7 heteroatoms. The molecular weight excluding hydrogens is 376 g/mol. The molecule has 1 spiro atoms. The summed E-state index contributed by atoms with van der Waals surface area (Å²) in [6.07, 6.45) is 5.31. The fourth-order valence-corrected chi connectivity index (χ4v) is 4.71. The summed E-state index contributed by atoms with van der Waals surface area (Å²) in [4.78, 5) is 19.8. The summed E-state index contributed by atoms with van der Waals surface area (Å²) in [5, 5.41) is 11.6. The van der Waals surface area contributed by atoms with Crippen LogP contribution in [-0.2, 0) is 19.5 Å². The first-order valence-corrected chi connectivity index (χ1v) is 11.3. The van der Waals surface area contributed by atoms with Gasteiger partial charge in [0.25, 0.3) is 5.91 Å². The molecular formula is C23H34N6O. The highest BCUT2D eigenvalue weighted by Gasteiger charge is 2.39. The van der Waals surface area contributed by atoms with Crippen molar-refractivity contribution in [3.05, 3.63) is 41.2 Å². The summed E-state index contributed by atoms with van der Waals surface area (Å²) in [5.41, 5.74) is 2.47. The third-order valence-corrected chi connectivity index (χ3v) is 6.66. The first-order chi connectivity index (χ1) is 14.4. The summed E-state index contributed by atoms with van der Waals surface area (Å²) in [6.45, 7) is 11.0. The number of piperidine rings is 1. The maximum atomic E-state index is 12.7. The van der Waals surface area contributed by atoms with Crippen molar-refractivity contribution in [3.8, 4) is 0 Å². The summed E-state index contributed by atoms with van der Waals surface area (Å²) < 4.78 is 2.09. The van der Waals surface area contributed by atoms with Gasteiger partial charge >= 0.3 is 0 Å². The van der Waals surface area contributed by atoms with Gasteiger partial charge in [0.05, 0.1) is 5.69 Å². The molecule has 4 rings (SSSR count). The van der Waals surface area contributed by atoms with E-state index in [1.807, 2.05) is 13.0 Å². The predicted molar refractivity (Wildman–Crippen MR) is 116 cm³/mol. The van der Waals surface area contributed by atoms with Gasteiger partial charge in [0.15, 0.2) is 0 Å². The van der Waals surface area contributed by atoms with Crippen molar-refractivity contribution >= 4 is 5.91 Å². The lowest BCUT2D eigenvalue weighted by atomic mass is 9.73. The van der Waals surface area contributed by atoms with E-state index in [0.29, 0.717) is 18.3 Å². The van der Waals surface area contributed by atoms with Crippen molar-refractivity contribution in [1.29, 1.82) is 0 Å².